The van der Waals surface area contributed by atoms with E-state index in [4.69, 9.17) is 23.7 Å². The van der Waals surface area contributed by atoms with Crippen molar-refractivity contribution in [3.8, 4) is 0 Å². The van der Waals surface area contributed by atoms with Crippen LogP contribution < -0.4 is 5.32 Å². The first-order chi connectivity index (χ1) is 16.7. The van der Waals surface area contributed by atoms with Gasteiger partial charge in [0, 0.05) is 40.9 Å². The molecule has 14 nitrogen and oxygen atoms in total. The number of nitrogens with zero attached hydrogens (tertiary/aromatic N) is 3. The molecule has 15 heteroatoms. The predicted octanol–water partition coefficient (Wildman–Crippen LogP) is -0.747. The van der Waals surface area contributed by atoms with Crippen LogP contribution in [-0.4, -0.2) is 115 Å². The normalized spacial score (nSPS) is 26.4. The summed E-state index contributed by atoms with van der Waals surface area (Å²) in [7, 11) is -2.79. The summed E-state index contributed by atoms with van der Waals surface area (Å²) in [5.74, 6) is -0.0165. The monoisotopic (exact) mass is 537 g/mol. The van der Waals surface area contributed by atoms with Gasteiger partial charge in [-0.3, -0.25) is 8.99 Å². The quantitative estimate of drug-likeness (QED) is 0.198. The Morgan fingerprint density at radius 1 is 1.22 bits per heavy atom. The van der Waals surface area contributed by atoms with Gasteiger partial charge in [0.1, 0.15) is 23.9 Å². The van der Waals surface area contributed by atoms with Crippen LogP contribution in [0, 0.1) is 4.78 Å². The summed E-state index contributed by atoms with van der Waals surface area (Å²) < 4.78 is 42.4. The molecule has 2 rings (SSSR count). The zero-order chi connectivity index (χ0) is 26.9. The standard InChI is InChI=1S/C21H39N5O9S/c1-21(2,3)35-20(30)23-7-10-32-11-8-26-13-14(24-25-26)5-9-33-19-18(29)17(28)16(27)15(34-19)6-12-36(4,22)31/h13,15-19,22,27-29H,5-12H2,1-4H3,(H,23,30)/t15-,16-,17+,18+,19+,36?/m1/s1. The van der Waals surface area contributed by atoms with Crippen molar-refractivity contribution in [1.82, 2.24) is 20.3 Å². The summed E-state index contributed by atoms with van der Waals surface area (Å²) in [5, 5.41) is 41.0. The maximum absolute atomic E-state index is 11.6. The number of carbonyl (C=O) groups excluding carboxylic acids is 1. The van der Waals surface area contributed by atoms with Crippen molar-refractivity contribution in [2.45, 2.75) is 76.5 Å². The third-order valence-electron chi connectivity index (χ3n) is 5.07. The highest BCUT2D eigenvalue weighted by molar-refractivity contribution is 7.91. The average Bonchev–Trinajstić information content (AvgIpc) is 3.21. The molecular formula is C21H39N5O9S. The van der Waals surface area contributed by atoms with E-state index in [1.807, 2.05) is 0 Å². The molecule has 1 aliphatic rings. The van der Waals surface area contributed by atoms with Gasteiger partial charge in [0.05, 0.1) is 38.2 Å². The molecule has 6 atom stereocenters. The molecule has 1 unspecified atom stereocenters. The molecular weight excluding hydrogens is 498 g/mol. The lowest BCUT2D eigenvalue weighted by molar-refractivity contribution is -0.296. The van der Waals surface area contributed by atoms with Crippen LogP contribution in [0.2, 0.25) is 0 Å². The second kappa shape index (κ2) is 13.6. The first-order valence-electron chi connectivity index (χ1n) is 11.7. The van der Waals surface area contributed by atoms with Crippen molar-refractivity contribution in [3.05, 3.63) is 11.9 Å². The van der Waals surface area contributed by atoms with Gasteiger partial charge >= 0.3 is 6.09 Å². The van der Waals surface area contributed by atoms with Gasteiger partial charge in [0.25, 0.3) is 0 Å². The molecule has 5 N–H and O–H groups in total. The highest BCUT2D eigenvalue weighted by Gasteiger charge is 2.44. The Balaban J connectivity index is 1.67. The summed E-state index contributed by atoms with van der Waals surface area (Å²) in [6.07, 6.45) is -3.50. The molecule has 1 aromatic rings. The smallest absolute Gasteiger partial charge is 0.407 e. The summed E-state index contributed by atoms with van der Waals surface area (Å²) in [4.78, 5) is 11.5. The molecule has 1 aliphatic heterocycles. The number of rotatable bonds is 13. The lowest BCUT2D eigenvalue weighted by atomic mass is 9.97. The maximum Gasteiger partial charge on any atom is 0.407 e. The van der Waals surface area contributed by atoms with Gasteiger partial charge in [0.15, 0.2) is 6.29 Å². The lowest BCUT2D eigenvalue weighted by Crippen LogP contribution is -2.58. The van der Waals surface area contributed by atoms with Gasteiger partial charge < -0.3 is 39.6 Å². The Hall–Kier alpha value is -1.88. The molecule has 0 spiro atoms. The number of ether oxygens (including phenoxy) is 4. The van der Waals surface area contributed by atoms with Gasteiger partial charge in [0.2, 0.25) is 0 Å². The molecule has 0 bridgehead atoms. The van der Waals surface area contributed by atoms with E-state index in [0.717, 1.165) is 0 Å². The van der Waals surface area contributed by atoms with Crippen molar-refractivity contribution in [2.24, 2.45) is 0 Å². The topological polar surface area (TPSA) is 198 Å². The molecule has 1 saturated heterocycles. The number of amides is 1. The third-order valence-corrected chi connectivity index (χ3v) is 6.08. The number of aromatic nitrogens is 3. The van der Waals surface area contributed by atoms with Crippen LogP contribution in [0.4, 0.5) is 4.79 Å². The fourth-order valence-corrected chi connectivity index (χ4v) is 3.96. The number of carbonyl (C=O) groups is 1. The first kappa shape index (κ1) is 30.3. The van der Waals surface area contributed by atoms with E-state index in [0.29, 0.717) is 38.4 Å². The molecule has 0 saturated carbocycles. The largest absolute Gasteiger partial charge is 0.444 e. The molecule has 208 valence electrons. The fraction of sp³-hybridized carbons (Fsp3) is 0.857. The van der Waals surface area contributed by atoms with E-state index in [-0.39, 0.29) is 18.8 Å². The van der Waals surface area contributed by atoms with E-state index in [1.54, 1.807) is 31.6 Å². The van der Waals surface area contributed by atoms with Crippen molar-refractivity contribution < 1.29 is 43.3 Å². The van der Waals surface area contributed by atoms with Gasteiger partial charge in [-0.2, -0.15) is 0 Å². The van der Waals surface area contributed by atoms with Crippen LogP contribution in [0.3, 0.4) is 0 Å². The number of aliphatic hydroxyl groups is 3. The second-order valence-corrected chi connectivity index (χ2v) is 12.1. The van der Waals surface area contributed by atoms with E-state index in [9.17, 15) is 24.3 Å². The minimum absolute atomic E-state index is 0.0165. The van der Waals surface area contributed by atoms with Crippen molar-refractivity contribution >= 4 is 15.8 Å². The SMILES string of the molecule is CC(C)(C)OC(=O)NCCOCCn1cc(CCO[C@H]2O[C@H](CCS(C)(=N)=O)[C@@H](O)[C@H](O)[C@@H]2O)nn1. The van der Waals surface area contributed by atoms with Crippen LogP contribution in [0.25, 0.3) is 0 Å². The van der Waals surface area contributed by atoms with Crippen LogP contribution in [0.1, 0.15) is 32.9 Å². The molecule has 0 radical (unpaired) electrons. The number of nitrogens with one attached hydrogen (secondary N) is 2. The molecule has 1 amide bonds. The van der Waals surface area contributed by atoms with E-state index in [2.05, 4.69) is 15.6 Å². The van der Waals surface area contributed by atoms with E-state index >= 15 is 0 Å². The molecule has 1 fully saturated rings. The van der Waals surface area contributed by atoms with Crippen LogP contribution in [0.5, 0.6) is 0 Å². The van der Waals surface area contributed by atoms with Gasteiger partial charge in [-0.05, 0) is 27.2 Å². The van der Waals surface area contributed by atoms with Crippen molar-refractivity contribution in [1.29, 1.82) is 4.78 Å². The minimum Gasteiger partial charge on any atom is -0.444 e. The Labute approximate surface area is 211 Å². The van der Waals surface area contributed by atoms with Crippen LogP contribution in [-0.2, 0) is 41.6 Å². The Morgan fingerprint density at radius 2 is 1.94 bits per heavy atom. The van der Waals surface area contributed by atoms with Crippen LogP contribution >= 0.6 is 0 Å². The highest BCUT2D eigenvalue weighted by Crippen LogP contribution is 2.24. The lowest BCUT2D eigenvalue weighted by Gasteiger charge is -2.40. The average molecular weight is 538 g/mol. The molecule has 1 aromatic heterocycles. The fourth-order valence-electron chi connectivity index (χ4n) is 3.28. The van der Waals surface area contributed by atoms with E-state index < -0.39 is 52.1 Å². The number of aliphatic hydroxyl groups excluding tert-OH is 3. The molecule has 0 aromatic carbocycles. The zero-order valence-electron chi connectivity index (χ0n) is 21.2. The summed E-state index contributed by atoms with van der Waals surface area (Å²) in [6, 6.07) is 0. The van der Waals surface area contributed by atoms with Gasteiger partial charge in [-0.15, -0.1) is 5.10 Å². The first-order valence-corrected chi connectivity index (χ1v) is 13.8. The number of hydrogen-bond donors (Lipinski definition) is 5. The zero-order valence-corrected chi connectivity index (χ0v) is 22.0. The van der Waals surface area contributed by atoms with Crippen molar-refractivity contribution in [2.75, 3.05) is 38.4 Å². The van der Waals surface area contributed by atoms with Gasteiger partial charge in [-0.1, -0.05) is 5.21 Å². The van der Waals surface area contributed by atoms with Crippen molar-refractivity contribution in [3.63, 3.8) is 0 Å². The highest BCUT2D eigenvalue weighted by atomic mass is 32.2. The summed E-state index contributed by atoms with van der Waals surface area (Å²) in [5.41, 5.74) is 0.0735. The molecule has 36 heavy (non-hydrogen) atoms. The molecule has 2 heterocycles. The second-order valence-electron chi connectivity index (χ2n) is 9.65. The Bertz CT molecular complexity index is 921. The van der Waals surface area contributed by atoms with Crippen LogP contribution in [0.15, 0.2) is 6.20 Å². The predicted molar refractivity (Wildman–Crippen MR) is 128 cm³/mol. The Kier molecular flexibility index (Phi) is 11.5. The third kappa shape index (κ3) is 11.0. The summed E-state index contributed by atoms with van der Waals surface area (Å²) >= 11 is 0. The summed E-state index contributed by atoms with van der Waals surface area (Å²) in [6.45, 7) is 6.91. The Morgan fingerprint density at radius 3 is 2.61 bits per heavy atom. The number of alkyl carbamates (subject to hydrolysis) is 1. The number of hydrogen-bond acceptors (Lipinski definition) is 12. The van der Waals surface area contributed by atoms with Gasteiger partial charge in [-0.25, -0.2) is 9.48 Å². The van der Waals surface area contributed by atoms with E-state index in [1.165, 1.54) is 6.26 Å². The maximum atomic E-state index is 11.6. The minimum atomic E-state index is -2.79. The molecule has 0 aliphatic carbocycles.